The largest absolute Gasteiger partial charge is 0.339 e. The highest BCUT2D eigenvalue weighted by atomic mass is 16.2. The molecule has 6 heteroatoms. The van der Waals surface area contributed by atoms with Crippen LogP contribution in [0.1, 0.15) is 40.3 Å². The maximum atomic E-state index is 12.6. The zero-order valence-corrected chi connectivity index (χ0v) is 16.3. The Morgan fingerprint density at radius 2 is 1.71 bits per heavy atom. The van der Waals surface area contributed by atoms with Crippen molar-refractivity contribution >= 4 is 17.5 Å². The van der Waals surface area contributed by atoms with Crippen LogP contribution in [0.4, 0.5) is 5.69 Å². The molecule has 3 rings (SSSR count). The zero-order chi connectivity index (χ0) is 20.1. The number of hydrogen-bond donors (Lipinski definition) is 1. The topological polar surface area (TPSA) is 67.2 Å². The third-order valence-corrected chi connectivity index (χ3v) is 4.62. The molecule has 0 radical (unpaired) electrons. The summed E-state index contributed by atoms with van der Waals surface area (Å²) in [5.74, 6) is -0.267. The van der Waals surface area contributed by atoms with Crippen molar-refractivity contribution in [3.05, 3.63) is 77.6 Å². The quantitative estimate of drug-likeness (QED) is 0.709. The number of nitrogens with zero attached hydrogens (tertiary/aromatic N) is 3. The Hall–Kier alpha value is -3.41. The van der Waals surface area contributed by atoms with E-state index in [-0.39, 0.29) is 11.8 Å². The molecular weight excluding hydrogens is 352 g/mol. The summed E-state index contributed by atoms with van der Waals surface area (Å²) >= 11 is 0. The number of amides is 2. The second-order valence-electron chi connectivity index (χ2n) is 6.44. The first-order valence-corrected chi connectivity index (χ1v) is 9.35. The van der Waals surface area contributed by atoms with E-state index in [1.54, 1.807) is 47.5 Å². The number of nitrogens with one attached hydrogen (secondary N) is 1. The molecule has 0 bridgehead atoms. The van der Waals surface area contributed by atoms with Crippen LogP contribution in [0.3, 0.4) is 0 Å². The van der Waals surface area contributed by atoms with E-state index in [9.17, 15) is 9.59 Å². The minimum absolute atomic E-state index is 0.0416. The molecule has 0 aliphatic rings. The maximum Gasteiger partial charge on any atom is 0.255 e. The summed E-state index contributed by atoms with van der Waals surface area (Å²) in [5, 5.41) is 7.12. The summed E-state index contributed by atoms with van der Waals surface area (Å²) in [5.41, 5.74) is 3.60. The van der Waals surface area contributed by atoms with Gasteiger partial charge in [0.25, 0.3) is 11.8 Å². The average Bonchev–Trinajstić information content (AvgIpc) is 3.15. The van der Waals surface area contributed by atoms with Gasteiger partial charge < -0.3 is 10.2 Å². The van der Waals surface area contributed by atoms with Gasteiger partial charge in [0.1, 0.15) is 0 Å². The molecular formula is C22H24N4O2. The third kappa shape index (κ3) is 4.11. The van der Waals surface area contributed by atoms with Crippen LogP contribution < -0.4 is 5.32 Å². The molecule has 144 valence electrons. The fraction of sp³-hybridized carbons (Fsp3) is 0.227. The molecule has 0 atom stereocenters. The van der Waals surface area contributed by atoms with Gasteiger partial charge in [-0.15, -0.1) is 0 Å². The molecule has 28 heavy (non-hydrogen) atoms. The lowest BCUT2D eigenvalue weighted by molar-refractivity contribution is 0.0772. The first-order valence-electron chi connectivity index (χ1n) is 9.35. The zero-order valence-electron chi connectivity index (χ0n) is 16.3. The van der Waals surface area contributed by atoms with E-state index < -0.39 is 0 Å². The number of rotatable bonds is 6. The third-order valence-electron chi connectivity index (χ3n) is 4.62. The van der Waals surface area contributed by atoms with Crippen LogP contribution in [0.2, 0.25) is 0 Å². The highest BCUT2D eigenvalue weighted by Crippen LogP contribution is 2.16. The van der Waals surface area contributed by atoms with E-state index in [0.717, 1.165) is 11.4 Å². The Labute approximate surface area is 164 Å². The van der Waals surface area contributed by atoms with Gasteiger partial charge in [0.05, 0.1) is 5.69 Å². The summed E-state index contributed by atoms with van der Waals surface area (Å²) in [4.78, 5) is 26.8. The standard InChI is InChI=1S/C22H24N4O2/c1-4-25(5-2)22(28)18-7-6-8-19(15-18)24-21(27)17-9-11-20(12-10-17)26-16(3)13-14-23-26/h6-15H,4-5H2,1-3H3,(H,24,27). The molecule has 1 aromatic heterocycles. The predicted molar refractivity (Wildman–Crippen MR) is 110 cm³/mol. The van der Waals surface area contributed by atoms with E-state index >= 15 is 0 Å². The van der Waals surface area contributed by atoms with Gasteiger partial charge in [0.2, 0.25) is 0 Å². The smallest absolute Gasteiger partial charge is 0.255 e. The monoisotopic (exact) mass is 376 g/mol. The molecule has 0 unspecified atom stereocenters. The molecule has 1 heterocycles. The summed E-state index contributed by atoms with van der Waals surface area (Å²) in [7, 11) is 0. The molecule has 6 nitrogen and oxygen atoms in total. The number of aromatic nitrogens is 2. The normalized spacial score (nSPS) is 10.5. The first-order chi connectivity index (χ1) is 13.5. The van der Waals surface area contributed by atoms with Crippen molar-refractivity contribution in [1.29, 1.82) is 0 Å². The number of aryl methyl sites for hydroxylation is 1. The second kappa shape index (κ2) is 8.52. The molecule has 2 amide bonds. The van der Waals surface area contributed by atoms with Gasteiger partial charge >= 0.3 is 0 Å². The lowest BCUT2D eigenvalue weighted by atomic mass is 10.1. The molecule has 1 N–H and O–H groups in total. The fourth-order valence-electron chi connectivity index (χ4n) is 3.02. The highest BCUT2D eigenvalue weighted by Gasteiger charge is 2.14. The van der Waals surface area contributed by atoms with Crippen LogP contribution >= 0.6 is 0 Å². The van der Waals surface area contributed by atoms with E-state index in [1.165, 1.54) is 0 Å². The summed E-state index contributed by atoms with van der Waals surface area (Å²) < 4.78 is 1.81. The lowest BCUT2D eigenvalue weighted by Gasteiger charge is -2.19. The van der Waals surface area contributed by atoms with Crippen molar-refractivity contribution < 1.29 is 9.59 Å². The van der Waals surface area contributed by atoms with Crippen molar-refractivity contribution in [3.8, 4) is 5.69 Å². The molecule has 2 aromatic carbocycles. The van der Waals surface area contributed by atoms with Crippen LogP contribution in [0.5, 0.6) is 0 Å². The predicted octanol–water partition coefficient (Wildman–Crippen LogP) is 3.92. The number of carbonyl (C=O) groups is 2. The molecule has 3 aromatic rings. The summed E-state index contributed by atoms with van der Waals surface area (Å²) in [6.45, 7) is 7.16. The number of carbonyl (C=O) groups excluding carboxylic acids is 2. The van der Waals surface area contributed by atoms with E-state index in [4.69, 9.17) is 0 Å². The SMILES string of the molecule is CCN(CC)C(=O)c1cccc(NC(=O)c2ccc(-n3nccc3C)cc2)c1. The van der Waals surface area contributed by atoms with Crippen LogP contribution in [0, 0.1) is 6.92 Å². The number of hydrogen-bond acceptors (Lipinski definition) is 3. The molecule has 0 spiro atoms. The number of anilines is 1. The van der Waals surface area contributed by atoms with Gasteiger partial charge in [0.15, 0.2) is 0 Å². The molecule has 0 saturated heterocycles. The van der Waals surface area contributed by atoms with Gasteiger partial charge in [-0.3, -0.25) is 9.59 Å². The number of benzene rings is 2. The molecule has 0 aliphatic carbocycles. The Balaban J connectivity index is 1.74. The molecule has 0 saturated carbocycles. The second-order valence-corrected chi connectivity index (χ2v) is 6.44. The van der Waals surface area contributed by atoms with Crippen molar-refractivity contribution in [2.24, 2.45) is 0 Å². The van der Waals surface area contributed by atoms with Gasteiger partial charge in [-0.25, -0.2) is 4.68 Å². The fourth-order valence-corrected chi connectivity index (χ4v) is 3.02. The lowest BCUT2D eigenvalue weighted by Crippen LogP contribution is -2.30. The van der Waals surface area contributed by atoms with Crippen LogP contribution in [0.15, 0.2) is 60.8 Å². The van der Waals surface area contributed by atoms with Crippen LogP contribution in [-0.2, 0) is 0 Å². The molecule has 0 aliphatic heterocycles. The summed E-state index contributed by atoms with van der Waals surface area (Å²) in [6.07, 6.45) is 1.74. The Bertz CT molecular complexity index is 972. The van der Waals surface area contributed by atoms with Gasteiger partial charge in [0, 0.05) is 41.8 Å². The van der Waals surface area contributed by atoms with E-state index in [1.807, 2.05) is 43.7 Å². The van der Waals surface area contributed by atoms with Crippen molar-refractivity contribution in [3.63, 3.8) is 0 Å². The van der Waals surface area contributed by atoms with Crippen molar-refractivity contribution in [2.45, 2.75) is 20.8 Å². The summed E-state index contributed by atoms with van der Waals surface area (Å²) in [6, 6.07) is 16.2. The van der Waals surface area contributed by atoms with Crippen LogP contribution in [-0.4, -0.2) is 39.6 Å². The Kier molecular flexibility index (Phi) is 5.89. The van der Waals surface area contributed by atoms with E-state index in [0.29, 0.717) is 29.9 Å². The van der Waals surface area contributed by atoms with Crippen molar-refractivity contribution in [1.82, 2.24) is 14.7 Å². The highest BCUT2D eigenvalue weighted by molar-refractivity contribution is 6.05. The van der Waals surface area contributed by atoms with Crippen molar-refractivity contribution in [2.75, 3.05) is 18.4 Å². The minimum atomic E-state index is -0.226. The first kappa shape index (κ1) is 19.4. The van der Waals surface area contributed by atoms with Gasteiger partial charge in [-0.05, 0) is 69.3 Å². The Morgan fingerprint density at radius 3 is 2.32 bits per heavy atom. The average molecular weight is 376 g/mol. The van der Waals surface area contributed by atoms with Crippen LogP contribution in [0.25, 0.3) is 5.69 Å². The van der Waals surface area contributed by atoms with Gasteiger partial charge in [-0.2, -0.15) is 5.10 Å². The van der Waals surface area contributed by atoms with Gasteiger partial charge in [-0.1, -0.05) is 6.07 Å². The minimum Gasteiger partial charge on any atom is -0.339 e. The maximum absolute atomic E-state index is 12.6. The van der Waals surface area contributed by atoms with E-state index in [2.05, 4.69) is 10.4 Å². The molecule has 0 fully saturated rings. The Morgan fingerprint density at radius 1 is 1.00 bits per heavy atom.